The third kappa shape index (κ3) is 3.39. The summed E-state index contributed by atoms with van der Waals surface area (Å²) in [5.41, 5.74) is 5.55. The van der Waals surface area contributed by atoms with Gasteiger partial charge in [-0.3, -0.25) is 0 Å². The second kappa shape index (κ2) is 8.92. The first-order chi connectivity index (χ1) is 16.3. The van der Waals surface area contributed by atoms with Crippen molar-refractivity contribution in [1.82, 2.24) is 0 Å². The second-order valence-electron chi connectivity index (χ2n) is 8.71. The number of benzene rings is 5. The van der Waals surface area contributed by atoms with Crippen molar-refractivity contribution < 1.29 is 0 Å². The van der Waals surface area contributed by atoms with E-state index in [9.17, 15) is 0 Å². The molecular formula is C33H28. The Morgan fingerprint density at radius 3 is 0.758 bits per heavy atom. The molecule has 0 aliphatic heterocycles. The minimum Gasteiger partial charge on any atom is -0.0622 e. The summed E-state index contributed by atoms with van der Waals surface area (Å²) in [4.78, 5) is 0. The molecule has 0 unspecified atom stereocenters. The molecule has 0 fully saturated rings. The Labute approximate surface area is 197 Å². The molecule has 5 rings (SSSR count). The fraction of sp³-hybridized carbons (Fsp3) is 0.0909. The molecule has 0 amide bonds. The first kappa shape index (κ1) is 21.0. The van der Waals surface area contributed by atoms with Gasteiger partial charge in [0.15, 0.2) is 0 Å². The molecular weight excluding hydrogens is 396 g/mol. The highest BCUT2D eigenvalue weighted by molar-refractivity contribution is 5.61. The van der Waals surface area contributed by atoms with Gasteiger partial charge in [0, 0.05) is 5.41 Å². The molecule has 0 heteroatoms. The van der Waals surface area contributed by atoms with Crippen molar-refractivity contribution in [3.05, 3.63) is 179 Å². The predicted molar refractivity (Wildman–Crippen MR) is 139 cm³/mol. The largest absolute Gasteiger partial charge is 0.0622 e. The van der Waals surface area contributed by atoms with E-state index in [2.05, 4.69) is 159 Å². The normalized spacial score (nSPS) is 11.8. The Morgan fingerprint density at radius 2 is 0.515 bits per heavy atom. The van der Waals surface area contributed by atoms with Gasteiger partial charge in [0.25, 0.3) is 0 Å². The standard InChI is InChI=1S/C33H28/c1-32(27-17-7-2-8-18-27,28-19-9-3-10-20-28)33(29-21-11-4-12-22-29,30-23-13-5-14-24-30)31-25-15-6-16-26-31/h2-26H,1H3. The minimum atomic E-state index is -0.459. The SMILES string of the molecule is CC(c1ccccc1)(c1ccccc1)C(c1ccccc1)(c1ccccc1)c1ccccc1. The Kier molecular flexibility index (Phi) is 5.67. The van der Waals surface area contributed by atoms with Gasteiger partial charge >= 0.3 is 0 Å². The van der Waals surface area contributed by atoms with E-state index in [1.54, 1.807) is 0 Å². The van der Waals surface area contributed by atoms with Gasteiger partial charge in [-0.15, -0.1) is 0 Å². The lowest BCUT2D eigenvalue weighted by atomic mass is 9.50. The molecule has 0 saturated heterocycles. The fourth-order valence-electron chi connectivity index (χ4n) is 5.57. The summed E-state index contributed by atoms with van der Waals surface area (Å²) in [6.45, 7) is 2.41. The van der Waals surface area contributed by atoms with Crippen LogP contribution in [0.3, 0.4) is 0 Å². The van der Waals surface area contributed by atoms with Crippen LogP contribution in [0, 0.1) is 0 Å². The number of hydrogen-bond donors (Lipinski definition) is 0. The average molecular weight is 425 g/mol. The summed E-state index contributed by atoms with van der Waals surface area (Å²) in [5.74, 6) is 0. The van der Waals surface area contributed by atoms with E-state index in [4.69, 9.17) is 0 Å². The van der Waals surface area contributed by atoms with Crippen LogP contribution in [0.4, 0.5) is 0 Å². The lowest BCUT2D eigenvalue weighted by Gasteiger charge is -2.51. The molecule has 0 heterocycles. The van der Waals surface area contributed by atoms with Crippen LogP contribution in [-0.4, -0.2) is 0 Å². The molecule has 0 aliphatic rings. The molecule has 160 valence electrons. The fourth-order valence-corrected chi connectivity index (χ4v) is 5.57. The summed E-state index contributed by atoms with van der Waals surface area (Å²) in [5, 5.41) is 0. The highest BCUT2D eigenvalue weighted by Gasteiger charge is 2.53. The van der Waals surface area contributed by atoms with Crippen LogP contribution < -0.4 is 0 Å². The van der Waals surface area contributed by atoms with Crippen LogP contribution >= 0.6 is 0 Å². The van der Waals surface area contributed by atoms with Gasteiger partial charge in [0.05, 0.1) is 5.41 Å². The van der Waals surface area contributed by atoms with Gasteiger partial charge in [0.1, 0.15) is 0 Å². The maximum atomic E-state index is 2.41. The van der Waals surface area contributed by atoms with Crippen molar-refractivity contribution in [3.8, 4) is 0 Å². The predicted octanol–water partition coefficient (Wildman–Crippen LogP) is 8.03. The van der Waals surface area contributed by atoms with Crippen LogP contribution in [0.1, 0.15) is 34.7 Å². The molecule has 33 heavy (non-hydrogen) atoms. The Hall–Kier alpha value is -3.90. The van der Waals surface area contributed by atoms with Gasteiger partial charge in [-0.25, -0.2) is 0 Å². The summed E-state index contributed by atoms with van der Waals surface area (Å²) in [6, 6.07) is 54.9. The molecule has 5 aromatic carbocycles. The third-order valence-electron chi connectivity index (χ3n) is 7.07. The van der Waals surface area contributed by atoms with Crippen molar-refractivity contribution in [2.75, 3.05) is 0 Å². The third-order valence-corrected chi connectivity index (χ3v) is 7.07. The smallest absolute Gasteiger partial charge is 0.0585 e. The van der Waals surface area contributed by atoms with E-state index in [1.807, 2.05) is 0 Å². The summed E-state index contributed by atoms with van der Waals surface area (Å²) in [6.07, 6.45) is 0. The van der Waals surface area contributed by atoms with Crippen molar-refractivity contribution in [3.63, 3.8) is 0 Å². The van der Waals surface area contributed by atoms with Gasteiger partial charge in [-0.2, -0.15) is 0 Å². The quantitative estimate of drug-likeness (QED) is 0.242. The van der Waals surface area contributed by atoms with Crippen molar-refractivity contribution in [1.29, 1.82) is 0 Å². The van der Waals surface area contributed by atoms with Crippen molar-refractivity contribution in [2.24, 2.45) is 0 Å². The molecule has 0 nitrogen and oxygen atoms in total. The summed E-state index contributed by atoms with van der Waals surface area (Å²) in [7, 11) is 0. The van der Waals surface area contributed by atoms with E-state index in [0.29, 0.717) is 0 Å². The van der Waals surface area contributed by atoms with Crippen LogP contribution in [0.2, 0.25) is 0 Å². The van der Waals surface area contributed by atoms with E-state index < -0.39 is 5.41 Å². The van der Waals surface area contributed by atoms with Crippen molar-refractivity contribution >= 4 is 0 Å². The van der Waals surface area contributed by atoms with Gasteiger partial charge < -0.3 is 0 Å². The van der Waals surface area contributed by atoms with Gasteiger partial charge in [-0.1, -0.05) is 152 Å². The molecule has 5 aromatic rings. The zero-order valence-corrected chi connectivity index (χ0v) is 18.9. The number of rotatable bonds is 6. The van der Waals surface area contributed by atoms with E-state index >= 15 is 0 Å². The van der Waals surface area contributed by atoms with Crippen molar-refractivity contribution in [2.45, 2.75) is 17.8 Å². The Morgan fingerprint density at radius 1 is 0.303 bits per heavy atom. The molecule has 0 spiro atoms. The average Bonchev–Trinajstić information content (AvgIpc) is 2.92. The van der Waals surface area contributed by atoms with Crippen LogP contribution in [-0.2, 0) is 10.8 Å². The highest BCUT2D eigenvalue weighted by atomic mass is 14.5. The second-order valence-corrected chi connectivity index (χ2v) is 8.71. The summed E-state index contributed by atoms with van der Waals surface area (Å²) >= 11 is 0. The Balaban J connectivity index is 2.01. The zero-order valence-electron chi connectivity index (χ0n) is 18.9. The molecule has 0 N–H and O–H groups in total. The van der Waals surface area contributed by atoms with Crippen LogP contribution in [0.15, 0.2) is 152 Å². The first-order valence-electron chi connectivity index (χ1n) is 11.6. The van der Waals surface area contributed by atoms with Crippen LogP contribution in [0.25, 0.3) is 0 Å². The number of hydrogen-bond acceptors (Lipinski definition) is 0. The monoisotopic (exact) mass is 424 g/mol. The van der Waals surface area contributed by atoms with E-state index in [1.165, 1.54) is 27.8 Å². The maximum Gasteiger partial charge on any atom is 0.0585 e. The van der Waals surface area contributed by atoms with Crippen LogP contribution in [0.5, 0.6) is 0 Å². The molecule has 0 aromatic heterocycles. The molecule has 0 saturated carbocycles. The summed E-state index contributed by atoms with van der Waals surface area (Å²) < 4.78 is 0. The minimum absolute atomic E-state index is 0.389. The highest BCUT2D eigenvalue weighted by Crippen LogP contribution is 2.56. The molecule has 0 bridgehead atoms. The van der Waals surface area contributed by atoms with Gasteiger partial charge in [-0.05, 0) is 34.7 Å². The van der Waals surface area contributed by atoms with E-state index in [-0.39, 0.29) is 5.41 Å². The first-order valence-corrected chi connectivity index (χ1v) is 11.6. The van der Waals surface area contributed by atoms with Gasteiger partial charge in [0.2, 0.25) is 0 Å². The lowest BCUT2D eigenvalue weighted by Crippen LogP contribution is -2.50. The Bertz CT molecular complexity index is 1140. The molecule has 0 aliphatic carbocycles. The molecule has 0 radical (unpaired) electrons. The van der Waals surface area contributed by atoms with E-state index in [0.717, 1.165) is 0 Å². The maximum absolute atomic E-state index is 2.41. The lowest BCUT2D eigenvalue weighted by molar-refractivity contribution is 0.389. The molecule has 0 atom stereocenters. The zero-order chi connectivity index (χ0) is 22.6. The topological polar surface area (TPSA) is 0 Å².